The van der Waals surface area contributed by atoms with Crippen LogP contribution >= 0.6 is 11.3 Å². The van der Waals surface area contributed by atoms with Crippen LogP contribution in [-0.4, -0.2) is 34.1 Å². The predicted molar refractivity (Wildman–Crippen MR) is 93.0 cm³/mol. The SMILES string of the molecule is O=C(O)c1cc2cc(/N=N/c3cnc(N4CCCC4)s3)ccc2[nH]1. The zero-order chi connectivity index (χ0) is 16.5. The van der Waals surface area contributed by atoms with E-state index in [0.29, 0.717) is 5.69 Å². The number of aromatic carboxylic acids is 1. The first kappa shape index (κ1) is 14.8. The van der Waals surface area contributed by atoms with Crippen LogP contribution in [0.15, 0.2) is 40.7 Å². The number of hydrogen-bond donors (Lipinski definition) is 2. The second kappa shape index (κ2) is 6.04. The summed E-state index contributed by atoms with van der Waals surface area (Å²) in [6, 6.07) is 7.01. The molecule has 0 bridgehead atoms. The average molecular weight is 341 g/mol. The molecule has 0 spiro atoms. The van der Waals surface area contributed by atoms with Gasteiger partial charge in [0.05, 0.1) is 11.9 Å². The molecule has 1 saturated heterocycles. The smallest absolute Gasteiger partial charge is 0.352 e. The van der Waals surface area contributed by atoms with Gasteiger partial charge in [-0.25, -0.2) is 9.78 Å². The van der Waals surface area contributed by atoms with E-state index in [4.69, 9.17) is 5.11 Å². The van der Waals surface area contributed by atoms with Gasteiger partial charge in [0.2, 0.25) is 0 Å². The Morgan fingerprint density at radius 2 is 2.08 bits per heavy atom. The van der Waals surface area contributed by atoms with Gasteiger partial charge >= 0.3 is 5.97 Å². The second-order valence-corrected chi connectivity index (χ2v) is 6.62. The highest BCUT2D eigenvalue weighted by Crippen LogP contribution is 2.32. The Hall–Kier alpha value is -2.74. The van der Waals surface area contributed by atoms with Crippen LogP contribution in [0, 0.1) is 0 Å². The number of carbonyl (C=O) groups is 1. The van der Waals surface area contributed by atoms with E-state index in [1.807, 2.05) is 6.07 Å². The highest BCUT2D eigenvalue weighted by Gasteiger charge is 2.15. The van der Waals surface area contributed by atoms with E-state index in [-0.39, 0.29) is 5.69 Å². The number of benzene rings is 1. The van der Waals surface area contributed by atoms with Crippen molar-refractivity contribution in [3.63, 3.8) is 0 Å². The first-order valence-electron chi connectivity index (χ1n) is 7.68. The molecular formula is C16H15N5O2S. The van der Waals surface area contributed by atoms with Crippen molar-refractivity contribution < 1.29 is 9.90 Å². The summed E-state index contributed by atoms with van der Waals surface area (Å²) in [7, 11) is 0. The Kier molecular flexibility index (Phi) is 3.73. The number of nitrogens with zero attached hydrogens (tertiary/aromatic N) is 4. The van der Waals surface area contributed by atoms with E-state index in [1.54, 1.807) is 24.4 Å². The Balaban J connectivity index is 1.54. The third-order valence-corrected chi connectivity index (χ3v) is 4.90. The molecule has 1 aliphatic heterocycles. The molecule has 7 nitrogen and oxygen atoms in total. The molecule has 0 radical (unpaired) electrons. The maximum atomic E-state index is 11.0. The van der Waals surface area contributed by atoms with Gasteiger partial charge in [-0.15, -0.1) is 10.2 Å². The zero-order valence-corrected chi connectivity index (χ0v) is 13.6. The van der Waals surface area contributed by atoms with E-state index >= 15 is 0 Å². The van der Waals surface area contributed by atoms with Gasteiger partial charge in [0, 0.05) is 24.0 Å². The number of fused-ring (bicyclic) bond motifs is 1. The summed E-state index contributed by atoms with van der Waals surface area (Å²) in [5.41, 5.74) is 1.60. The molecule has 2 aromatic heterocycles. The molecule has 4 rings (SSSR count). The monoisotopic (exact) mass is 341 g/mol. The van der Waals surface area contributed by atoms with Gasteiger partial charge in [-0.05, 0) is 37.1 Å². The van der Waals surface area contributed by atoms with E-state index in [1.165, 1.54) is 24.2 Å². The van der Waals surface area contributed by atoms with Crippen LogP contribution in [-0.2, 0) is 0 Å². The lowest BCUT2D eigenvalue weighted by molar-refractivity contribution is 0.0691. The number of nitrogens with one attached hydrogen (secondary N) is 1. The molecule has 24 heavy (non-hydrogen) atoms. The number of aromatic nitrogens is 2. The van der Waals surface area contributed by atoms with Crippen molar-refractivity contribution in [2.24, 2.45) is 10.2 Å². The number of anilines is 1. The maximum Gasteiger partial charge on any atom is 0.352 e. The van der Waals surface area contributed by atoms with Gasteiger partial charge in [0.15, 0.2) is 10.1 Å². The van der Waals surface area contributed by atoms with Crippen LogP contribution in [0.2, 0.25) is 0 Å². The van der Waals surface area contributed by atoms with Gasteiger partial charge in [0.25, 0.3) is 0 Å². The molecule has 1 fully saturated rings. The largest absolute Gasteiger partial charge is 0.477 e. The number of rotatable bonds is 4. The lowest BCUT2D eigenvalue weighted by Gasteiger charge is -2.11. The lowest BCUT2D eigenvalue weighted by Crippen LogP contribution is -2.16. The molecule has 1 aliphatic rings. The molecule has 3 aromatic rings. The summed E-state index contributed by atoms with van der Waals surface area (Å²) in [5.74, 6) is -0.978. The second-order valence-electron chi connectivity index (χ2n) is 5.63. The maximum absolute atomic E-state index is 11.0. The van der Waals surface area contributed by atoms with Crippen LogP contribution < -0.4 is 4.90 Å². The van der Waals surface area contributed by atoms with Crippen LogP contribution in [0.4, 0.5) is 15.8 Å². The molecule has 1 aromatic carbocycles. The summed E-state index contributed by atoms with van der Waals surface area (Å²) in [5, 5.41) is 20.1. The van der Waals surface area contributed by atoms with Crippen LogP contribution in [0.3, 0.4) is 0 Å². The van der Waals surface area contributed by atoms with E-state index in [0.717, 1.165) is 34.1 Å². The number of aromatic amines is 1. The van der Waals surface area contributed by atoms with Crippen molar-refractivity contribution in [3.05, 3.63) is 36.2 Å². The van der Waals surface area contributed by atoms with Gasteiger partial charge in [-0.1, -0.05) is 11.3 Å². The molecule has 3 heterocycles. The molecule has 0 aliphatic carbocycles. The van der Waals surface area contributed by atoms with Crippen molar-refractivity contribution in [1.82, 2.24) is 9.97 Å². The van der Waals surface area contributed by atoms with E-state index < -0.39 is 5.97 Å². The van der Waals surface area contributed by atoms with E-state index in [9.17, 15) is 4.79 Å². The topological polar surface area (TPSA) is 93.9 Å². The molecule has 0 amide bonds. The average Bonchev–Trinajstić information content (AvgIpc) is 3.30. The first-order valence-corrected chi connectivity index (χ1v) is 8.49. The Morgan fingerprint density at radius 1 is 1.25 bits per heavy atom. The third kappa shape index (κ3) is 2.88. The van der Waals surface area contributed by atoms with Gasteiger partial charge in [0.1, 0.15) is 5.69 Å². The number of carboxylic acid groups (broad SMARTS) is 1. The standard InChI is InChI=1S/C16H15N5O2S/c22-15(23)13-8-10-7-11(3-4-12(10)18-13)19-20-14-9-17-16(24-14)21-5-1-2-6-21/h3-4,7-9,18H,1-2,5-6H2,(H,22,23)/b20-19+. The lowest BCUT2D eigenvalue weighted by atomic mass is 10.2. The predicted octanol–water partition coefficient (Wildman–Crippen LogP) is 4.34. The summed E-state index contributed by atoms with van der Waals surface area (Å²) in [6.45, 7) is 2.11. The fourth-order valence-corrected chi connectivity index (χ4v) is 3.55. The molecule has 0 unspecified atom stereocenters. The molecule has 122 valence electrons. The summed E-state index contributed by atoms with van der Waals surface area (Å²) >= 11 is 1.53. The number of thiazole rings is 1. The number of carboxylic acids is 1. The molecule has 0 atom stereocenters. The minimum atomic E-state index is -0.978. The van der Waals surface area contributed by atoms with Crippen LogP contribution in [0.1, 0.15) is 23.3 Å². The first-order chi connectivity index (χ1) is 11.7. The molecule has 8 heteroatoms. The van der Waals surface area contributed by atoms with Crippen molar-refractivity contribution in [3.8, 4) is 0 Å². The molecule has 2 N–H and O–H groups in total. The van der Waals surface area contributed by atoms with E-state index in [2.05, 4.69) is 25.1 Å². The van der Waals surface area contributed by atoms with Crippen molar-refractivity contribution in [2.75, 3.05) is 18.0 Å². The quantitative estimate of drug-likeness (QED) is 0.690. The summed E-state index contributed by atoms with van der Waals surface area (Å²) in [4.78, 5) is 20.5. The highest BCUT2D eigenvalue weighted by molar-refractivity contribution is 7.19. The molecule has 0 saturated carbocycles. The van der Waals surface area contributed by atoms with Gasteiger partial charge in [-0.3, -0.25) is 0 Å². The van der Waals surface area contributed by atoms with Gasteiger partial charge in [-0.2, -0.15) is 0 Å². The Morgan fingerprint density at radius 3 is 2.88 bits per heavy atom. The number of hydrogen-bond acceptors (Lipinski definition) is 6. The van der Waals surface area contributed by atoms with Crippen molar-refractivity contribution in [2.45, 2.75) is 12.8 Å². The fraction of sp³-hybridized carbons (Fsp3) is 0.250. The fourth-order valence-electron chi connectivity index (χ4n) is 2.76. The number of H-pyrrole nitrogens is 1. The minimum absolute atomic E-state index is 0.164. The Bertz CT molecular complexity index is 924. The zero-order valence-electron chi connectivity index (χ0n) is 12.8. The minimum Gasteiger partial charge on any atom is -0.477 e. The van der Waals surface area contributed by atoms with Crippen LogP contribution in [0.25, 0.3) is 10.9 Å². The number of azo groups is 1. The highest BCUT2D eigenvalue weighted by atomic mass is 32.1. The van der Waals surface area contributed by atoms with Gasteiger partial charge < -0.3 is 15.0 Å². The summed E-state index contributed by atoms with van der Waals surface area (Å²) in [6.07, 6.45) is 4.16. The Labute approximate surface area is 141 Å². The summed E-state index contributed by atoms with van der Waals surface area (Å²) < 4.78 is 0. The van der Waals surface area contributed by atoms with Crippen molar-refractivity contribution >= 4 is 44.0 Å². The normalized spacial score (nSPS) is 14.9. The van der Waals surface area contributed by atoms with Crippen LogP contribution in [0.5, 0.6) is 0 Å². The molecular weight excluding hydrogens is 326 g/mol. The van der Waals surface area contributed by atoms with Crippen molar-refractivity contribution in [1.29, 1.82) is 0 Å². The third-order valence-electron chi connectivity index (χ3n) is 3.96.